The number of rotatable bonds is 8. The van der Waals surface area contributed by atoms with Crippen molar-refractivity contribution in [2.24, 2.45) is 11.3 Å². The second kappa shape index (κ2) is 5.83. The molecule has 0 heterocycles. The Bertz CT molecular complexity index is 178. The summed E-state index contributed by atoms with van der Waals surface area (Å²) < 4.78 is 5.11. The fourth-order valence-corrected chi connectivity index (χ4v) is 1.83. The molecule has 3 heteroatoms. The molecule has 0 bridgehead atoms. The standard InChI is InChI=1S/C12H25NO2/c1-10(2)11(4-7-15-3)13-8-12(9-14)5-6-12/h10-11,13-14H,4-9H2,1-3H3. The lowest BCUT2D eigenvalue weighted by Gasteiger charge is -2.24. The van der Waals surface area contributed by atoms with Crippen LogP contribution in [0.15, 0.2) is 0 Å². The van der Waals surface area contributed by atoms with Gasteiger partial charge in [0.25, 0.3) is 0 Å². The number of aliphatic hydroxyl groups excluding tert-OH is 1. The van der Waals surface area contributed by atoms with Crippen LogP contribution < -0.4 is 5.32 Å². The summed E-state index contributed by atoms with van der Waals surface area (Å²) in [4.78, 5) is 0. The Balaban J connectivity index is 2.25. The fraction of sp³-hybridized carbons (Fsp3) is 1.00. The van der Waals surface area contributed by atoms with E-state index < -0.39 is 0 Å². The maximum atomic E-state index is 9.22. The molecule has 1 atom stereocenters. The number of ether oxygens (including phenoxy) is 1. The number of methoxy groups -OCH3 is 1. The number of hydrogen-bond donors (Lipinski definition) is 2. The molecule has 1 fully saturated rings. The highest BCUT2D eigenvalue weighted by molar-refractivity contribution is 4.95. The Hall–Kier alpha value is -0.120. The lowest BCUT2D eigenvalue weighted by atomic mass is 9.99. The van der Waals surface area contributed by atoms with E-state index in [2.05, 4.69) is 19.2 Å². The van der Waals surface area contributed by atoms with Crippen LogP contribution in [0.25, 0.3) is 0 Å². The van der Waals surface area contributed by atoms with Crippen LogP contribution in [0, 0.1) is 11.3 Å². The molecule has 1 aliphatic carbocycles. The van der Waals surface area contributed by atoms with Crippen LogP contribution in [0.4, 0.5) is 0 Å². The molecule has 0 aromatic carbocycles. The van der Waals surface area contributed by atoms with E-state index in [-0.39, 0.29) is 5.41 Å². The van der Waals surface area contributed by atoms with Crippen molar-refractivity contribution in [3.8, 4) is 0 Å². The van der Waals surface area contributed by atoms with Gasteiger partial charge in [-0.3, -0.25) is 0 Å². The van der Waals surface area contributed by atoms with Crippen molar-refractivity contribution in [1.29, 1.82) is 0 Å². The summed E-state index contributed by atoms with van der Waals surface area (Å²) >= 11 is 0. The van der Waals surface area contributed by atoms with E-state index in [1.54, 1.807) is 7.11 Å². The fourth-order valence-electron chi connectivity index (χ4n) is 1.83. The van der Waals surface area contributed by atoms with Crippen LogP contribution in [0.3, 0.4) is 0 Å². The first-order valence-electron chi connectivity index (χ1n) is 5.97. The zero-order chi connectivity index (χ0) is 11.3. The van der Waals surface area contributed by atoms with Crippen LogP contribution in [0.2, 0.25) is 0 Å². The van der Waals surface area contributed by atoms with Gasteiger partial charge in [0.15, 0.2) is 0 Å². The van der Waals surface area contributed by atoms with Gasteiger partial charge in [0, 0.05) is 38.3 Å². The molecule has 0 radical (unpaired) electrons. The van der Waals surface area contributed by atoms with Crippen molar-refractivity contribution >= 4 is 0 Å². The lowest BCUT2D eigenvalue weighted by Crippen LogP contribution is -2.39. The number of aliphatic hydroxyl groups is 1. The van der Waals surface area contributed by atoms with Gasteiger partial charge < -0.3 is 15.2 Å². The summed E-state index contributed by atoms with van der Waals surface area (Å²) in [6.07, 6.45) is 3.40. The molecule has 0 aliphatic heterocycles. The van der Waals surface area contributed by atoms with Crippen LogP contribution in [0.5, 0.6) is 0 Å². The van der Waals surface area contributed by atoms with Crippen LogP contribution >= 0.6 is 0 Å². The predicted octanol–water partition coefficient (Wildman–Crippen LogP) is 1.41. The van der Waals surface area contributed by atoms with Gasteiger partial charge in [0.2, 0.25) is 0 Å². The van der Waals surface area contributed by atoms with E-state index >= 15 is 0 Å². The minimum Gasteiger partial charge on any atom is -0.396 e. The summed E-state index contributed by atoms with van der Waals surface area (Å²) in [5.74, 6) is 0.620. The van der Waals surface area contributed by atoms with Gasteiger partial charge in [-0.1, -0.05) is 13.8 Å². The van der Waals surface area contributed by atoms with Crippen molar-refractivity contribution in [2.45, 2.75) is 39.2 Å². The smallest absolute Gasteiger partial charge is 0.0499 e. The minimum atomic E-state index is 0.209. The van der Waals surface area contributed by atoms with E-state index in [1.807, 2.05) is 0 Å². The van der Waals surface area contributed by atoms with Gasteiger partial charge in [-0.15, -0.1) is 0 Å². The Kier molecular flexibility index (Phi) is 5.03. The number of hydrogen-bond acceptors (Lipinski definition) is 3. The second-order valence-electron chi connectivity index (χ2n) is 5.17. The van der Waals surface area contributed by atoms with Gasteiger partial charge in [0.05, 0.1) is 0 Å². The largest absolute Gasteiger partial charge is 0.396 e. The summed E-state index contributed by atoms with van der Waals surface area (Å²) in [5.41, 5.74) is 0.209. The number of nitrogens with one attached hydrogen (secondary N) is 1. The second-order valence-corrected chi connectivity index (χ2v) is 5.17. The van der Waals surface area contributed by atoms with E-state index in [0.29, 0.717) is 18.6 Å². The molecule has 90 valence electrons. The van der Waals surface area contributed by atoms with E-state index in [0.717, 1.165) is 19.6 Å². The first kappa shape index (κ1) is 12.9. The third-order valence-corrected chi connectivity index (χ3v) is 3.47. The Morgan fingerprint density at radius 1 is 1.40 bits per heavy atom. The summed E-state index contributed by atoms with van der Waals surface area (Å²) in [7, 11) is 1.74. The average molecular weight is 215 g/mol. The van der Waals surface area contributed by atoms with Crippen molar-refractivity contribution in [3.05, 3.63) is 0 Å². The van der Waals surface area contributed by atoms with Crippen molar-refractivity contribution in [3.63, 3.8) is 0 Å². The highest BCUT2D eigenvalue weighted by Gasteiger charge is 2.41. The molecule has 0 aromatic heterocycles. The summed E-state index contributed by atoms with van der Waals surface area (Å²) in [6, 6.07) is 0.508. The molecule has 0 aromatic rings. The topological polar surface area (TPSA) is 41.5 Å². The van der Waals surface area contributed by atoms with Gasteiger partial charge in [-0.25, -0.2) is 0 Å². The van der Waals surface area contributed by atoms with Crippen LogP contribution in [-0.2, 0) is 4.74 Å². The Morgan fingerprint density at radius 3 is 2.47 bits per heavy atom. The van der Waals surface area contributed by atoms with E-state index in [4.69, 9.17) is 4.74 Å². The molecule has 2 N–H and O–H groups in total. The molecule has 1 aliphatic rings. The Labute approximate surface area is 93.2 Å². The normalized spacial score (nSPS) is 20.6. The molecular weight excluding hydrogens is 190 g/mol. The van der Waals surface area contributed by atoms with E-state index in [9.17, 15) is 5.11 Å². The highest BCUT2D eigenvalue weighted by Crippen LogP contribution is 2.44. The average Bonchev–Trinajstić information content (AvgIpc) is 2.98. The SMILES string of the molecule is COCCC(NCC1(CO)CC1)C(C)C. The zero-order valence-electron chi connectivity index (χ0n) is 10.3. The molecule has 15 heavy (non-hydrogen) atoms. The highest BCUT2D eigenvalue weighted by atomic mass is 16.5. The van der Waals surface area contributed by atoms with Gasteiger partial charge in [-0.2, -0.15) is 0 Å². The quantitative estimate of drug-likeness (QED) is 0.643. The van der Waals surface area contributed by atoms with Crippen molar-refractivity contribution in [2.75, 3.05) is 26.9 Å². The molecule has 3 nitrogen and oxygen atoms in total. The molecule has 0 spiro atoms. The molecule has 1 rings (SSSR count). The van der Waals surface area contributed by atoms with Gasteiger partial charge in [-0.05, 0) is 25.2 Å². The molecule has 1 unspecified atom stereocenters. The summed E-state index contributed by atoms with van der Waals surface area (Å²) in [5, 5.41) is 12.8. The third-order valence-electron chi connectivity index (χ3n) is 3.47. The first-order valence-corrected chi connectivity index (χ1v) is 5.97. The van der Waals surface area contributed by atoms with Crippen LogP contribution in [-0.4, -0.2) is 38.0 Å². The third kappa shape index (κ3) is 4.09. The van der Waals surface area contributed by atoms with Crippen molar-refractivity contribution < 1.29 is 9.84 Å². The first-order chi connectivity index (χ1) is 7.13. The monoisotopic (exact) mass is 215 g/mol. The van der Waals surface area contributed by atoms with Gasteiger partial charge >= 0.3 is 0 Å². The van der Waals surface area contributed by atoms with Gasteiger partial charge in [0.1, 0.15) is 0 Å². The molecule has 1 saturated carbocycles. The minimum absolute atomic E-state index is 0.209. The predicted molar refractivity (Wildman–Crippen MR) is 61.9 cm³/mol. The Morgan fingerprint density at radius 2 is 2.07 bits per heavy atom. The van der Waals surface area contributed by atoms with Crippen molar-refractivity contribution in [1.82, 2.24) is 5.32 Å². The maximum absolute atomic E-state index is 9.22. The molecular formula is C12H25NO2. The van der Waals surface area contributed by atoms with E-state index in [1.165, 1.54) is 12.8 Å². The molecule has 0 saturated heterocycles. The zero-order valence-corrected chi connectivity index (χ0v) is 10.3. The molecule has 0 amide bonds. The maximum Gasteiger partial charge on any atom is 0.0499 e. The summed E-state index contributed by atoms with van der Waals surface area (Å²) in [6.45, 7) is 6.55. The van der Waals surface area contributed by atoms with Crippen LogP contribution in [0.1, 0.15) is 33.1 Å². The lowest BCUT2D eigenvalue weighted by molar-refractivity contribution is 0.163.